The van der Waals surface area contributed by atoms with Crippen molar-refractivity contribution in [2.45, 2.75) is 33.1 Å². The minimum absolute atomic E-state index is 0.403. The van der Waals surface area contributed by atoms with Crippen LogP contribution < -0.4 is 0 Å². The summed E-state index contributed by atoms with van der Waals surface area (Å²) in [6, 6.07) is 15.4. The van der Waals surface area contributed by atoms with Crippen LogP contribution in [0.15, 0.2) is 48.0 Å². The maximum absolute atomic E-state index is 2.51. The van der Waals surface area contributed by atoms with Crippen LogP contribution in [-0.2, 0) is 0 Å². The fraction of sp³-hybridized carbons (Fsp3) is 0.400. The molecule has 2 aromatic carbocycles. The first kappa shape index (κ1) is 12.2. The zero-order valence-electron chi connectivity index (χ0n) is 12.4. The van der Waals surface area contributed by atoms with E-state index in [1.165, 1.54) is 35.6 Å². The molecule has 0 heteroatoms. The number of hydrogen-bond acceptors (Lipinski definition) is 0. The standard InChI is InChI=1S/C20H22/c1-20(2)17-11-10-16(12-17)19(20)13-15-8-5-7-14-6-3-4-9-18(14)15/h3-9,13,16-17H,10-12H2,1-2H3. The molecule has 0 nitrogen and oxygen atoms in total. The van der Waals surface area contributed by atoms with Gasteiger partial charge in [-0.15, -0.1) is 0 Å². The second kappa shape index (κ2) is 4.22. The Hall–Kier alpha value is -1.56. The van der Waals surface area contributed by atoms with Gasteiger partial charge in [0.15, 0.2) is 0 Å². The van der Waals surface area contributed by atoms with Gasteiger partial charge in [-0.05, 0) is 52.8 Å². The molecule has 2 unspecified atom stereocenters. The third kappa shape index (κ3) is 1.67. The molecule has 0 N–H and O–H groups in total. The van der Waals surface area contributed by atoms with E-state index < -0.39 is 0 Å². The molecule has 4 rings (SSSR count). The van der Waals surface area contributed by atoms with Crippen molar-refractivity contribution in [1.82, 2.24) is 0 Å². The summed E-state index contributed by atoms with van der Waals surface area (Å²) in [7, 11) is 0. The summed E-state index contributed by atoms with van der Waals surface area (Å²) in [5, 5.41) is 2.74. The summed E-state index contributed by atoms with van der Waals surface area (Å²) >= 11 is 0. The summed E-state index contributed by atoms with van der Waals surface area (Å²) in [4.78, 5) is 0. The van der Waals surface area contributed by atoms with E-state index in [0.29, 0.717) is 5.41 Å². The predicted octanol–water partition coefficient (Wildman–Crippen LogP) is 5.68. The van der Waals surface area contributed by atoms with E-state index in [1.807, 2.05) is 0 Å². The number of hydrogen-bond donors (Lipinski definition) is 0. The number of fused-ring (bicyclic) bond motifs is 3. The fourth-order valence-corrected chi connectivity index (χ4v) is 4.53. The van der Waals surface area contributed by atoms with Gasteiger partial charge in [-0.1, -0.05) is 68.0 Å². The Labute approximate surface area is 121 Å². The van der Waals surface area contributed by atoms with E-state index in [0.717, 1.165) is 11.8 Å². The van der Waals surface area contributed by atoms with E-state index in [1.54, 1.807) is 5.57 Å². The molecule has 2 saturated carbocycles. The average Bonchev–Trinajstić information content (AvgIpc) is 3.01. The Morgan fingerprint density at radius 1 is 1.00 bits per heavy atom. The van der Waals surface area contributed by atoms with Crippen molar-refractivity contribution in [1.29, 1.82) is 0 Å². The van der Waals surface area contributed by atoms with Crippen molar-refractivity contribution < 1.29 is 0 Å². The molecule has 2 aliphatic carbocycles. The predicted molar refractivity (Wildman–Crippen MR) is 86.5 cm³/mol. The molecular formula is C20H22. The fourth-order valence-electron chi connectivity index (χ4n) is 4.53. The zero-order valence-corrected chi connectivity index (χ0v) is 12.4. The van der Waals surface area contributed by atoms with Crippen LogP contribution in [0.5, 0.6) is 0 Å². The molecule has 2 aliphatic rings. The average molecular weight is 262 g/mol. The maximum Gasteiger partial charge on any atom is -0.0110 e. The van der Waals surface area contributed by atoms with Crippen LogP contribution in [0.25, 0.3) is 16.8 Å². The minimum atomic E-state index is 0.403. The first-order chi connectivity index (χ1) is 9.66. The Kier molecular flexibility index (Phi) is 2.57. The highest BCUT2D eigenvalue weighted by Crippen LogP contribution is 2.59. The minimum Gasteiger partial charge on any atom is -0.0616 e. The Morgan fingerprint density at radius 3 is 2.60 bits per heavy atom. The molecule has 0 saturated heterocycles. The molecule has 0 aromatic heterocycles. The molecule has 102 valence electrons. The van der Waals surface area contributed by atoms with Gasteiger partial charge in [-0.2, -0.15) is 0 Å². The second-order valence-corrected chi connectivity index (χ2v) is 7.10. The quantitative estimate of drug-likeness (QED) is 0.620. The van der Waals surface area contributed by atoms with Crippen LogP contribution in [0.3, 0.4) is 0 Å². The summed E-state index contributed by atoms with van der Waals surface area (Å²) in [6.45, 7) is 4.90. The van der Waals surface area contributed by atoms with Crippen molar-refractivity contribution in [3.63, 3.8) is 0 Å². The lowest BCUT2D eigenvalue weighted by Crippen LogP contribution is -2.22. The normalized spacial score (nSPS) is 29.4. The van der Waals surface area contributed by atoms with E-state index in [9.17, 15) is 0 Å². The van der Waals surface area contributed by atoms with Crippen molar-refractivity contribution in [3.8, 4) is 0 Å². The van der Waals surface area contributed by atoms with Crippen LogP contribution in [0.1, 0.15) is 38.7 Å². The molecule has 0 amide bonds. The maximum atomic E-state index is 2.51. The molecule has 0 radical (unpaired) electrons. The Morgan fingerprint density at radius 2 is 1.80 bits per heavy atom. The molecule has 2 atom stereocenters. The van der Waals surface area contributed by atoms with Crippen LogP contribution >= 0.6 is 0 Å². The molecule has 0 heterocycles. The molecular weight excluding hydrogens is 240 g/mol. The molecule has 2 bridgehead atoms. The van der Waals surface area contributed by atoms with Gasteiger partial charge in [0.25, 0.3) is 0 Å². The lowest BCUT2D eigenvalue weighted by atomic mass is 9.72. The number of benzene rings is 2. The first-order valence-corrected chi connectivity index (χ1v) is 7.86. The number of allylic oxidation sites excluding steroid dienone is 1. The third-order valence-electron chi connectivity index (χ3n) is 5.77. The van der Waals surface area contributed by atoms with E-state index in [-0.39, 0.29) is 0 Å². The Balaban J connectivity index is 1.87. The van der Waals surface area contributed by atoms with Crippen LogP contribution in [0.4, 0.5) is 0 Å². The van der Waals surface area contributed by atoms with Gasteiger partial charge < -0.3 is 0 Å². The van der Waals surface area contributed by atoms with Gasteiger partial charge in [0.1, 0.15) is 0 Å². The Bertz CT molecular complexity index is 685. The molecule has 0 spiro atoms. The van der Waals surface area contributed by atoms with Gasteiger partial charge in [0.2, 0.25) is 0 Å². The lowest BCUT2D eigenvalue weighted by molar-refractivity contribution is 0.290. The van der Waals surface area contributed by atoms with Gasteiger partial charge >= 0.3 is 0 Å². The van der Waals surface area contributed by atoms with Crippen molar-refractivity contribution in [2.24, 2.45) is 17.3 Å². The highest BCUT2D eigenvalue weighted by Gasteiger charge is 2.48. The monoisotopic (exact) mass is 262 g/mol. The summed E-state index contributed by atoms with van der Waals surface area (Å²) in [6.07, 6.45) is 6.77. The van der Waals surface area contributed by atoms with E-state index in [4.69, 9.17) is 0 Å². The summed E-state index contributed by atoms with van der Waals surface area (Å²) < 4.78 is 0. The molecule has 2 aromatic rings. The highest BCUT2D eigenvalue weighted by molar-refractivity contribution is 5.91. The van der Waals surface area contributed by atoms with Gasteiger partial charge in [0, 0.05) is 0 Å². The largest absolute Gasteiger partial charge is 0.0616 e. The van der Waals surface area contributed by atoms with Crippen molar-refractivity contribution in [3.05, 3.63) is 53.6 Å². The first-order valence-electron chi connectivity index (χ1n) is 7.86. The topological polar surface area (TPSA) is 0 Å². The lowest BCUT2D eigenvalue weighted by Gasteiger charge is -2.33. The number of rotatable bonds is 1. The van der Waals surface area contributed by atoms with Crippen LogP contribution in [0.2, 0.25) is 0 Å². The van der Waals surface area contributed by atoms with Gasteiger partial charge in [-0.3, -0.25) is 0 Å². The third-order valence-corrected chi connectivity index (χ3v) is 5.77. The molecule has 2 fully saturated rings. The molecule has 0 aliphatic heterocycles. The van der Waals surface area contributed by atoms with Gasteiger partial charge in [-0.25, -0.2) is 0 Å². The van der Waals surface area contributed by atoms with E-state index in [2.05, 4.69) is 62.4 Å². The van der Waals surface area contributed by atoms with Gasteiger partial charge in [0.05, 0.1) is 0 Å². The van der Waals surface area contributed by atoms with Crippen molar-refractivity contribution in [2.75, 3.05) is 0 Å². The summed E-state index contributed by atoms with van der Waals surface area (Å²) in [5.41, 5.74) is 3.50. The van der Waals surface area contributed by atoms with Crippen molar-refractivity contribution >= 4 is 16.8 Å². The van der Waals surface area contributed by atoms with Crippen LogP contribution in [-0.4, -0.2) is 0 Å². The second-order valence-electron chi connectivity index (χ2n) is 7.10. The smallest absolute Gasteiger partial charge is 0.0110 e. The summed E-state index contributed by atoms with van der Waals surface area (Å²) in [5.74, 6) is 1.75. The SMILES string of the molecule is CC1(C)C(=Cc2cccc3ccccc23)C2CCC1C2. The molecule has 20 heavy (non-hydrogen) atoms. The zero-order chi connectivity index (χ0) is 13.7. The van der Waals surface area contributed by atoms with Crippen LogP contribution in [0, 0.1) is 17.3 Å². The highest BCUT2D eigenvalue weighted by atomic mass is 14.5. The van der Waals surface area contributed by atoms with E-state index >= 15 is 0 Å².